The van der Waals surface area contributed by atoms with Crippen LogP contribution >= 0.6 is 0 Å². The topological polar surface area (TPSA) is 40.9 Å². The molecule has 0 N–H and O–H groups in total. The Labute approximate surface area is 96.9 Å². The molecule has 0 spiro atoms. The van der Waals surface area contributed by atoms with Crippen molar-refractivity contribution in [2.24, 2.45) is 0 Å². The second-order valence-electron chi connectivity index (χ2n) is 5.06. The highest BCUT2D eigenvalue weighted by Crippen LogP contribution is 2.26. The molecule has 1 unspecified atom stereocenters. The molecule has 1 aromatic rings. The van der Waals surface area contributed by atoms with E-state index in [0.717, 1.165) is 11.1 Å². The molecule has 2 nitrogen and oxygen atoms in total. The molecule has 0 bridgehead atoms. The van der Waals surface area contributed by atoms with Gasteiger partial charge in [0.1, 0.15) is 12.2 Å². The number of carbonyl (C=O) groups excluding carboxylic acids is 1. The van der Waals surface area contributed by atoms with E-state index in [1.54, 1.807) is 0 Å². The van der Waals surface area contributed by atoms with Crippen LogP contribution in [-0.4, -0.2) is 6.29 Å². The van der Waals surface area contributed by atoms with Crippen LogP contribution in [0.4, 0.5) is 0 Å². The van der Waals surface area contributed by atoms with E-state index < -0.39 is 5.92 Å². The molecular weight excluding hydrogens is 198 g/mol. The van der Waals surface area contributed by atoms with Gasteiger partial charge in [0, 0.05) is 0 Å². The van der Waals surface area contributed by atoms with E-state index in [0.29, 0.717) is 6.29 Å². The summed E-state index contributed by atoms with van der Waals surface area (Å²) in [4.78, 5) is 10.7. The summed E-state index contributed by atoms with van der Waals surface area (Å²) in [6.07, 6.45) is 0.694. The zero-order valence-electron chi connectivity index (χ0n) is 10.2. The average molecular weight is 215 g/mol. The molecule has 0 aliphatic heterocycles. The van der Waals surface area contributed by atoms with Crippen molar-refractivity contribution in [3.05, 3.63) is 34.9 Å². The Morgan fingerprint density at radius 2 is 2.00 bits per heavy atom. The molecule has 2 heteroatoms. The largest absolute Gasteiger partial charge is 0.302 e. The summed E-state index contributed by atoms with van der Waals surface area (Å²) in [5, 5.41) is 8.85. The third kappa shape index (κ3) is 2.49. The van der Waals surface area contributed by atoms with Gasteiger partial charge in [-0.3, -0.25) is 0 Å². The maximum atomic E-state index is 10.7. The van der Waals surface area contributed by atoms with Gasteiger partial charge in [0.15, 0.2) is 0 Å². The van der Waals surface area contributed by atoms with Crippen LogP contribution in [-0.2, 0) is 10.2 Å². The lowest BCUT2D eigenvalue weighted by atomic mass is 9.84. The summed E-state index contributed by atoms with van der Waals surface area (Å²) in [6.45, 7) is 8.37. The standard InChI is InChI=1S/C14H17NO/c1-10-7-12(14(2,3)4)5-6-13(10)11(8-15)9-16/h5-7,9,11H,1-4H3. The Kier molecular flexibility index (Phi) is 3.49. The van der Waals surface area contributed by atoms with Crippen molar-refractivity contribution in [2.45, 2.75) is 39.0 Å². The zero-order valence-corrected chi connectivity index (χ0v) is 10.2. The molecule has 0 aliphatic carbocycles. The van der Waals surface area contributed by atoms with Gasteiger partial charge in [0.25, 0.3) is 0 Å². The van der Waals surface area contributed by atoms with Gasteiger partial charge in [-0.1, -0.05) is 39.0 Å². The number of nitrogens with zero attached hydrogens (tertiary/aromatic N) is 1. The molecule has 1 rings (SSSR count). The monoisotopic (exact) mass is 215 g/mol. The van der Waals surface area contributed by atoms with Crippen LogP contribution in [0.15, 0.2) is 18.2 Å². The second kappa shape index (κ2) is 4.49. The summed E-state index contributed by atoms with van der Waals surface area (Å²) in [7, 11) is 0. The van der Waals surface area contributed by atoms with E-state index in [2.05, 4.69) is 26.8 Å². The lowest BCUT2D eigenvalue weighted by Crippen LogP contribution is -2.12. The number of hydrogen-bond donors (Lipinski definition) is 0. The SMILES string of the molecule is Cc1cc(C(C)(C)C)ccc1C(C#N)C=O. The molecule has 0 aliphatic rings. The average Bonchev–Trinajstić information content (AvgIpc) is 2.20. The molecule has 0 aromatic heterocycles. The van der Waals surface area contributed by atoms with Gasteiger partial charge in [-0.15, -0.1) is 0 Å². The van der Waals surface area contributed by atoms with Crippen molar-refractivity contribution >= 4 is 6.29 Å². The summed E-state index contributed by atoms with van der Waals surface area (Å²) in [5.41, 5.74) is 3.12. The molecule has 0 radical (unpaired) electrons. The van der Waals surface area contributed by atoms with E-state index in [9.17, 15) is 4.79 Å². The van der Waals surface area contributed by atoms with Crippen LogP contribution in [0, 0.1) is 18.3 Å². The number of carbonyl (C=O) groups is 1. The van der Waals surface area contributed by atoms with Crippen LogP contribution in [0.5, 0.6) is 0 Å². The Bertz CT molecular complexity index is 435. The first-order valence-corrected chi connectivity index (χ1v) is 5.36. The number of hydrogen-bond acceptors (Lipinski definition) is 2. The fourth-order valence-corrected chi connectivity index (χ4v) is 1.66. The minimum absolute atomic E-state index is 0.0899. The molecular formula is C14H17NO. The third-order valence-electron chi connectivity index (χ3n) is 2.75. The predicted octanol–water partition coefficient (Wildman–Crippen LogP) is 3.10. The Morgan fingerprint density at radius 1 is 1.38 bits per heavy atom. The van der Waals surface area contributed by atoms with Gasteiger partial charge >= 0.3 is 0 Å². The van der Waals surface area contributed by atoms with E-state index >= 15 is 0 Å². The van der Waals surface area contributed by atoms with E-state index in [1.807, 2.05) is 25.1 Å². The lowest BCUT2D eigenvalue weighted by molar-refractivity contribution is -0.108. The smallest absolute Gasteiger partial charge is 0.141 e. The Hall–Kier alpha value is -1.62. The normalized spacial score (nSPS) is 12.9. The number of rotatable bonds is 2. The molecule has 0 heterocycles. The van der Waals surface area contributed by atoms with Crippen LogP contribution in [0.2, 0.25) is 0 Å². The van der Waals surface area contributed by atoms with E-state index in [1.165, 1.54) is 5.56 Å². The maximum Gasteiger partial charge on any atom is 0.141 e. The van der Waals surface area contributed by atoms with Crippen LogP contribution in [0.25, 0.3) is 0 Å². The quantitative estimate of drug-likeness (QED) is 0.711. The molecule has 0 saturated carbocycles. The summed E-state index contributed by atoms with van der Waals surface area (Å²) < 4.78 is 0. The second-order valence-corrected chi connectivity index (χ2v) is 5.06. The molecule has 1 atom stereocenters. The molecule has 1 aromatic carbocycles. The zero-order chi connectivity index (χ0) is 12.3. The van der Waals surface area contributed by atoms with Crippen LogP contribution in [0.1, 0.15) is 43.4 Å². The van der Waals surface area contributed by atoms with Gasteiger partial charge in [-0.05, 0) is 29.0 Å². The summed E-state index contributed by atoms with van der Waals surface area (Å²) in [5.74, 6) is -0.644. The van der Waals surface area contributed by atoms with Gasteiger partial charge < -0.3 is 4.79 Å². The van der Waals surface area contributed by atoms with Crippen molar-refractivity contribution in [1.29, 1.82) is 5.26 Å². The van der Waals surface area contributed by atoms with Gasteiger partial charge in [0.2, 0.25) is 0 Å². The fraction of sp³-hybridized carbons (Fsp3) is 0.429. The van der Waals surface area contributed by atoms with Gasteiger partial charge in [-0.2, -0.15) is 5.26 Å². The number of benzene rings is 1. The highest BCUT2D eigenvalue weighted by Gasteiger charge is 2.17. The van der Waals surface area contributed by atoms with Crippen molar-refractivity contribution in [3.8, 4) is 6.07 Å². The van der Waals surface area contributed by atoms with Crippen molar-refractivity contribution < 1.29 is 4.79 Å². The highest BCUT2D eigenvalue weighted by molar-refractivity contribution is 5.67. The van der Waals surface area contributed by atoms with E-state index in [4.69, 9.17) is 5.26 Å². The van der Waals surface area contributed by atoms with E-state index in [-0.39, 0.29) is 5.41 Å². The molecule has 0 saturated heterocycles. The fourth-order valence-electron chi connectivity index (χ4n) is 1.66. The first-order valence-electron chi connectivity index (χ1n) is 5.36. The Morgan fingerprint density at radius 3 is 2.38 bits per heavy atom. The van der Waals surface area contributed by atoms with Crippen molar-refractivity contribution in [1.82, 2.24) is 0 Å². The predicted molar refractivity (Wildman–Crippen MR) is 64.3 cm³/mol. The number of aryl methyl sites for hydroxylation is 1. The van der Waals surface area contributed by atoms with Gasteiger partial charge in [-0.25, -0.2) is 0 Å². The third-order valence-corrected chi connectivity index (χ3v) is 2.75. The molecule has 16 heavy (non-hydrogen) atoms. The maximum absolute atomic E-state index is 10.7. The minimum atomic E-state index is -0.644. The first kappa shape index (κ1) is 12.4. The lowest BCUT2D eigenvalue weighted by Gasteiger charge is -2.20. The summed E-state index contributed by atoms with van der Waals surface area (Å²) in [6, 6.07) is 7.94. The molecule has 0 amide bonds. The highest BCUT2D eigenvalue weighted by atomic mass is 16.1. The molecule has 0 fully saturated rings. The van der Waals surface area contributed by atoms with Crippen LogP contribution < -0.4 is 0 Å². The Balaban J connectivity index is 3.20. The summed E-state index contributed by atoms with van der Waals surface area (Å²) >= 11 is 0. The minimum Gasteiger partial charge on any atom is -0.302 e. The van der Waals surface area contributed by atoms with Crippen molar-refractivity contribution in [3.63, 3.8) is 0 Å². The van der Waals surface area contributed by atoms with Crippen molar-refractivity contribution in [2.75, 3.05) is 0 Å². The number of nitriles is 1. The number of aldehydes is 1. The van der Waals surface area contributed by atoms with Gasteiger partial charge in [0.05, 0.1) is 6.07 Å². The van der Waals surface area contributed by atoms with Crippen LogP contribution in [0.3, 0.4) is 0 Å². The first-order chi connectivity index (χ1) is 7.40. The molecule has 84 valence electrons.